The van der Waals surface area contributed by atoms with Crippen molar-refractivity contribution in [3.8, 4) is 5.82 Å². The Kier molecular flexibility index (Phi) is 4.32. The molecule has 1 N–H and O–H groups in total. The van der Waals surface area contributed by atoms with Gasteiger partial charge in [-0.1, -0.05) is 18.2 Å². The molecule has 0 bridgehead atoms. The van der Waals surface area contributed by atoms with Crippen LogP contribution in [0.15, 0.2) is 48.5 Å². The molecule has 27 heavy (non-hydrogen) atoms. The lowest BCUT2D eigenvalue weighted by molar-refractivity contribution is 0.627. The van der Waals surface area contributed by atoms with Gasteiger partial charge in [-0.3, -0.25) is 0 Å². The summed E-state index contributed by atoms with van der Waals surface area (Å²) < 4.78 is 14.9. The van der Waals surface area contributed by atoms with Gasteiger partial charge in [0.05, 0.1) is 16.7 Å². The highest BCUT2D eigenvalue weighted by atomic mass is 19.1. The van der Waals surface area contributed by atoms with Gasteiger partial charge in [0.2, 0.25) is 0 Å². The summed E-state index contributed by atoms with van der Waals surface area (Å²) in [6.07, 6.45) is 0. The Hall–Kier alpha value is -3.28. The molecule has 2 aromatic heterocycles. The van der Waals surface area contributed by atoms with Crippen LogP contribution in [0.2, 0.25) is 0 Å². The van der Waals surface area contributed by atoms with E-state index >= 15 is 0 Å². The average Bonchev–Trinajstić information content (AvgIpc) is 2.98. The minimum Gasteiger partial charge on any atom is -0.363 e. The molecule has 0 aliphatic carbocycles. The Labute approximate surface area is 156 Å². The summed E-state index contributed by atoms with van der Waals surface area (Å²) in [6, 6.07) is 14.4. The van der Waals surface area contributed by atoms with E-state index in [2.05, 4.69) is 10.4 Å². The van der Waals surface area contributed by atoms with Crippen LogP contribution in [-0.2, 0) is 6.54 Å². The molecule has 6 heteroatoms. The van der Waals surface area contributed by atoms with Crippen molar-refractivity contribution >= 4 is 16.9 Å². The van der Waals surface area contributed by atoms with E-state index in [0.717, 1.165) is 33.5 Å². The van der Waals surface area contributed by atoms with Crippen molar-refractivity contribution in [2.45, 2.75) is 27.3 Å². The Balaban J connectivity index is 1.79. The molecular formula is C21H20FN5. The zero-order chi connectivity index (χ0) is 19.0. The summed E-state index contributed by atoms with van der Waals surface area (Å²) in [5.74, 6) is 1.05. The molecular weight excluding hydrogens is 341 g/mol. The number of hydrogen-bond acceptors (Lipinski definition) is 4. The Morgan fingerprint density at radius 2 is 1.70 bits per heavy atom. The van der Waals surface area contributed by atoms with Crippen LogP contribution in [0.3, 0.4) is 0 Å². The zero-order valence-electron chi connectivity index (χ0n) is 15.5. The van der Waals surface area contributed by atoms with Gasteiger partial charge in [0.15, 0.2) is 11.6 Å². The summed E-state index contributed by atoms with van der Waals surface area (Å²) in [6.45, 7) is 6.49. The molecule has 2 heterocycles. The molecule has 4 aromatic rings. The second-order valence-corrected chi connectivity index (χ2v) is 6.71. The Bertz CT molecular complexity index is 1120. The SMILES string of the molecule is Cc1ccc2nc(NCc3ccc(F)cc3)c(-n3nc(C)cc3C)nc2c1. The van der Waals surface area contributed by atoms with Crippen molar-refractivity contribution in [2.75, 3.05) is 5.32 Å². The smallest absolute Gasteiger partial charge is 0.197 e. The highest BCUT2D eigenvalue weighted by molar-refractivity contribution is 5.79. The summed E-state index contributed by atoms with van der Waals surface area (Å²) in [7, 11) is 0. The summed E-state index contributed by atoms with van der Waals surface area (Å²) in [5, 5.41) is 7.90. The number of nitrogens with one attached hydrogen (secondary N) is 1. The van der Waals surface area contributed by atoms with Gasteiger partial charge in [-0.25, -0.2) is 19.0 Å². The van der Waals surface area contributed by atoms with Gasteiger partial charge in [0, 0.05) is 12.2 Å². The summed E-state index contributed by atoms with van der Waals surface area (Å²) >= 11 is 0. The first kappa shape index (κ1) is 17.1. The van der Waals surface area contributed by atoms with Gasteiger partial charge in [0.25, 0.3) is 0 Å². The first-order valence-corrected chi connectivity index (χ1v) is 8.80. The van der Waals surface area contributed by atoms with Gasteiger partial charge in [-0.15, -0.1) is 0 Å². The molecule has 2 aromatic carbocycles. The largest absolute Gasteiger partial charge is 0.363 e. The zero-order valence-corrected chi connectivity index (χ0v) is 15.5. The molecule has 5 nitrogen and oxygen atoms in total. The molecule has 4 rings (SSSR count). The maximum absolute atomic E-state index is 13.1. The first-order chi connectivity index (χ1) is 13.0. The fourth-order valence-corrected chi connectivity index (χ4v) is 3.05. The lowest BCUT2D eigenvalue weighted by Crippen LogP contribution is -2.11. The van der Waals surface area contributed by atoms with Gasteiger partial charge >= 0.3 is 0 Å². The standard InChI is InChI=1S/C21H20FN5/c1-13-4-9-18-19(10-13)25-21(27-15(3)11-14(2)26-27)20(24-18)23-12-16-5-7-17(22)8-6-16/h4-11H,12H2,1-3H3,(H,23,24). The molecule has 0 saturated carbocycles. The second kappa shape index (κ2) is 6.79. The fraction of sp³-hybridized carbons (Fsp3) is 0.190. The van der Waals surface area contributed by atoms with Crippen LogP contribution in [0.25, 0.3) is 16.9 Å². The lowest BCUT2D eigenvalue weighted by atomic mass is 10.2. The number of fused-ring (bicyclic) bond motifs is 1. The van der Waals surface area contributed by atoms with Gasteiger partial charge in [0.1, 0.15) is 5.82 Å². The van der Waals surface area contributed by atoms with E-state index in [4.69, 9.17) is 9.97 Å². The monoisotopic (exact) mass is 361 g/mol. The number of benzene rings is 2. The maximum atomic E-state index is 13.1. The molecule has 0 fully saturated rings. The predicted octanol–water partition coefficient (Wildman–Crippen LogP) is 4.49. The first-order valence-electron chi connectivity index (χ1n) is 8.80. The average molecular weight is 361 g/mol. The number of anilines is 1. The minimum atomic E-state index is -0.247. The quantitative estimate of drug-likeness (QED) is 0.582. The third kappa shape index (κ3) is 3.51. The van der Waals surface area contributed by atoms with E-state index in [0.29, 0.717) is 18.2 Å². The minimum absolute atomic E-state index is 0.247. The van der Waals surface area contributed by atoms with Crippen molar-refractivity contribution in [1.82, 2.24) is 19.7 Å². The lowest BCUT2D eigenvalue weighted by Gasteiger charge is -2.13. The van der Waals surface area contributed by atoms with Gasteiger partial charge in [-0.05, 0) is 62.2 Å². The normalized spacial score (nSPS) is 11.1. The number of halogens is 1. The summed E-state index contributed by atoms with van der Waals surface area (Å²) in [5.41, 5.74) is 5.63. The summed E-state index contributed by atoms with van der Waals surface area (Å²) in [4.78, 5) is 9.59. The van der Waals surface area contributed by atoms with Crippen molar-refractivity contribution in [3.05, 3.63) is 76.9 Å². The molecule has 0 unspecified atom stereocenters. The Morgan fingerprint density at radius 3 is 2.41 bits per heavy atom. The van der Waals surface area contributed by atoms with Gasteiger partial charge < -0.3 is 5.32 Å². The molecule has 0 spiro atoms. The van der Waals surface area contributed by atoms with Crippen LogP contribution >= 0.6 is 0 Å². The van der Waals surface area contributed by atoms with Gasteiger partial charge in [-0.2, -0.15) is 5.10 Å². The van der Waals surface area contributed by atoms with Crippen LogP contribution in [0.1, 0.15) is 22.5 Å². The fourth-order valence-electron chi connectivity index (χ4n) is 3.05. The van der Waals surface area contributed by atoms with E-state index in [-0.39, 0.29) is 5.82 Å². The number of hydrogen-bond donors (Lipinski definition) is 1. The third-order valence-electron chi connectivity index (χ3n) is 4.38. The van der Waals surface area contributed by atoms with Crippen LogP contribution in [-0.4, -0.2) is 19.7 Å². The van der Waals surface area contributed by atoms with E-state index in [9.17, 15) is 4.39 Å². The number of aromatic nitrogens is 4. The van der Waals surface area contributed by atoms with Crippen LogP contribution in [0.4, 0.5) is 10.2 Å². The van der Waals surface area contributed by atoms with E-state index in [1.54, 1.807) is 16.8 Å². The highest BCUT2D eigenvalue weighted by Crippen LogP contribution is 2.23. The van der Waals surface area contributed by atoms with E-state index in [1.165, 1.54) is 12.1 Å². The Morgan fingerprint density at radius 1 is 0.926 bits per heavy atom. The molecule has 0 radical (unpaired) electrons. The molecule has 136 valence electrons. The predicted molar refractivity (Wildman–Crippen MR) is 105 cm³/mol. The molecule has 0 amide bonds. The third-order valence-corrected chi connectivity index (χ3v) is 4.38. The van der Waals surface area contributed by atoms with Crippen molar-refractivity contribution in [3.63, 3.8) is 0 Å². The highest BCUT2D eigenvalue weighted by Gasteiger charge is 2.14. The topological polar surface area (TPSA) is 55.6 Å². The number of rotatable bonds is 4. The number of aryl methyl sites for hydroxylation is 3. The van der Waals surface area contributed by atoms with E-state index < -0.39 is 0 Å². The molecule has 0 atom stereocenters. The van der Waals surface area contributed by atoms with E-state index in [1.807, 2.05) is 45.0 Å². The van der Waals surface area contributed by atoms with Crippen LogP contribution < -0.4 is 5.32 Å². The molecule has 0 aliphatic rings. The van der Waals surface area contributed by atoms with Crippen molar-refractivity contribution < 1.29 is 4.39 Å². The second-order valence-electron chi connectivity index (χ2n) is 6.71. The van der Waals surface area contributed by atoms with Crippen molar-refractivity contribution in [1.29, 1.82) is 0 Å². The van der Waals surface area contributed by atoms with Crippen LogP contribution in [0, 0.1) is 26.6 Å². The molecule has 0 aliphatic heterocycles. The maximum Gasteiger partial charge on any atom is 0.197 e. The van der Waals surface area contributed by atoms with Crippen LogP contribution in [0.5, 0.6) is 0 Å². The number of nitrogens with zero attached hydrogens (tertiary/aromatic N) is 4. The molecule has 0 saturated heterocycles. The van der Waals surface area contributed by atoms with Crippen molar-refractivity contribution in [2.24, 2.45) is 0 Å².